The van der Waals surface area contributed by atoms with E-state index in [0.717, 1.165) is 21.9 Å². The number of carbonyl (C=O) groups is 1. The monoisotopic (exact) mass is 572 g/mol. The predicted octanol–water partition coefficient (Wildman–Crippen LogP) is 4.49. The van der Waals surface area contributed by atoms with Gasteiger partial charge in [0.05, 0.1) is 17.2 Å². The summed E-state index contributed by atoms with van der Waals surface area (Å²) in [5.74, 6) is -1.31. The number of hydrazone groups is 1. The van der Waals surface area contributed by atoms with E-state index in [1.807, 2.05) is 66.7 Å². The minimum Gasteiger partial charge on any atom is -0.369 e. The Hall–Kier alpha value is -4.54. The largest absolute Gasteiger partial charge is 0.369 e. The van der Waals surface area contributed by atoms with Crippen molar-refractivity contribution in [3.8, 4) is 0 Å². The summed E-state index contributed by atoms with van der Waals surface area (Å²) in [7, 11) is -4.25. The lowest BCUT2D eigenvalue weighted by Crippen LogP contribution is -2.37. The second-order valence-electron chi connectivity index (χ2n) is 9.09. The van der Waals surface area contributed by atoms with E-state index >= 15 is 0 Å². The lowest BCUT2D eigenvalue weighted by molar-refractivity contribution is -0.117. The third-order valence-electron chi connectivity index (χ3n) is 6.23. The van der Waals surface area contributed by atoms with E-state index in [2.05, 4.69) is 14.7 Å². The first-order valence-corrected chi connectivity index (χ1v) is 14.1. The van der Waals surface area contributed by atoms with Gasteiger partial charge in [-0.05, 0) is 46.2 Å². The fourth-order valence-electron chi connectivity index (χ4n) is 4.38. The van der Waals surface area contributed by atoms with Crippen LogP contribution in [0.15, 0.2) is 116 Å². The first-order valence-electron chi connectivity index (χ1n) is 12.3. The maximum absolute atomic E-state index is 13.5. The van der Waals surface area contributed by atoms with E-state index in [0.29, 0.717) is 10.7 Å². The standard InChI is InChI=1S/C29H25ClN6O3S/c1-19(37)32-28(31)33-29(35-40(38,39)25-16-13-20-7-5-6-10-23(20)17-25)36-18-26(21-8-3-2-4-9-21)27(34-36)22-11-14-24(30)15-12-22/h2-17,26H,18H2,1H3,(H3,31,32,33,35,37). The SMILES string of the molecule is CC(=O)N/C(N)=N/C(=N/S(=O)(=O)c1ccc2ccccc2c1)N1CC(c2ccccc2)C(c2ccc(Cl)cc2)=N1. The molecule has 1 aliphatic heterocycles. The number of fused-ring (bicyclic) bond motifs is 1. The quantitative estimate of drug-likeness (QED) is 0.275. The molecule has 5 rings (SSSR count). The number of sulfonamides is 1. The van der Waals surface area contributed by atoms with Gasteiger partial charge in [-0.3, -0.25) is 10.1 Å². The van der Waals surface area contributed by atoms with Crippen LogP contribution in [0.5, 0.6) is 0 Å². The van der Waals surface area contributed by atoms with E-state index in [-0.39, 0.29) is 29.3 Å². The van der Waals surface area contributed by atoms with E-state index < -0.39 is 15.9 Å². The molecule has 40 heavy (non-hydrogen) atoms. The highest BCUT2D eigenvalue weighted by molar-refractivity contribution is 7.90. The number of carbonyl (C=O) groups excluding carboxylic acids is 1. The molecule has 0 fully saturated rings. The van der Waals surface area contributed by atoms with Crippen LogP contribution in [0.1, 0.15) is 24.0 Å². The van der Waals surface area contributed by atoms with Gasteiger partial charge in [0.15, 0.2) is 0 Å². The van der Waals surface area contributed by atoms with Crippen LogP contribution in [0.4, 0.5) is 0 Å². The number of nitrogens with zero attached hydrogens (tertiary/aromatic N) is 4. The smallest absolute Gasteiger partial charge is 0.285 e. The van der Waals surface area contributed by atoms with Crippen molar-refractivity contribution >= 4 is 55.9 Å². The molecule has 0 saturated carbocycles. The van der Waals surface area contributed by atoms with Gasteiger partial charge in [-0.1, -0.05) is 84.4 Å². The molecule has 3 N–H and O–H groups in total. The molecule has 9 nitrogen and oxygen atoms in total. The topological polar surface area (TPSA) is 130 Å². The molecule has 4 aromatic rings. The number of hydrogen-bond donors (Lipinski definition) is 2. The Bertz CT molecular complexity index is 1770. The van der Waals surface area contributed by atoms with Crippen LogP contribution in [0, 0.1) is 0 Å². The van der Waals surface area contributed by atoms with Gasteiger partial charge in [-0.2, -0.15) is 18.5 Å². The Morgan fingerprint density at radius 1 is 0.975 bits per heavy atom. The Labute approximate surface area is 236 Å². The van der Waals surface area contributed by atoms with Crippen molar-refractivity contribution in [1.29, 1.82) is 0 Å². The van der Waals surface area contributed by atoms with Gasteiger partial charge in [-0.25, -0.2) is 5.01 Å². The average molecular weight is 573 g/mol. The maximum Gasteiger partial charge on any atom is 0.285 e. The highest BCUT2D eigenvalue weighted by Crippen LogP contribution is 2.30. The Kier molecular flexibility index (Phi) is 7.63. The molecular formula is C29H25ClN6O3S. The summed E-state index contributed by atoms with van der Waals surface area (Å²) in [5, 5.41) is 10.7. The molecule has 202 valence electrons. The molecule has 1 amide bonds. The summed E-state index contributed by atoms with van der Waals surface area (Å²) in [6.07, 6.45) is 0. The van der Waals surface area contributed by atoms with Gasteiger partial charge in [0, 0.05) is 17.9 Å². The summed E-state index contributed by atoms with van der Waals surface area (Å²) >= 11 is 6.11. The molecule has 0 saturated heterocycles. The van der Waals surface area contributed by atoms with Crippen molar-refractivity contribution < 1.29 is 13.2 Å². The van der Waals surface area contributed by atoms with Crippen LogP contribution in [0.3, 0.4) is 0 Å². The number of nitrogens with two attached hydrogens (primary N) is 1. The Balaban J connectivity index is 1.62. The lowest BCUT2D eigenvalue weighted by atomic mass is 9.91. The zero-order chi connectivity index (χ0) is 28.3. The normalized spacial score (nSPS) is 16.2. The maximum atomic E-state index is 13.5. The minimum absolute atomic E-state index is 0.0160. The van der Waals surface area contributed by atoms with Gasteiger partial charge in [0.1, 0.15) is 0 Å². The fraction of sp³-hybridized carbons (Fsp3) is 0.103. The van der Waals surface area contributed by atoms with Crippen LogP contribution in [-0.4, -0.2) is 43.5 Å². The molecular weight excluding hydrogens is 548 g/mol. The third kappa shape index (κ3) is 6.03. The van der Waals surface area contributed by atoms with E-state index in [4.69, 9.17) is 22.4 Å². The number of benzene rings is 4. The summed E-state index contributed by atoms with van der Waals surface area (Å²) in [6, 6.07) is 29.1. The molecule has 0 bridgehead atoms. The average Bonchev–Trinajstić information content (AvgIpc) is 3.38. The second-order valence-corrected chi connectivity index (χ2v) is 11.1. The first kappa shape index (κ1) is 27.0. The summed E-state index contributed by atoms with van der Waals surface area (Å²) in [4.78, 5) is 15.8. The van der Waals surface area contributed by atoms with Crippen molar-refractivity contribution in [3.05, 3.63) is 113 Å². The van der Waals surface area contributed by atoms with Gasteiger partial charge < -0.3 is 5.73 Å². The van der Waals surface area contributed by atoms with Crippen LogP contribution in [0.2, 0.25) is 5.02 Å². The van der Waals surface area contributed by atoms with Crippen LogP contribution in [-0.2, 0) is 14.8 Å². The molecule has 1 aliphatic rings. The third-order valence-corrected chi connectivity index (χ3v) is 7.74. The van der Waals surface area contributed by atoms with Crippen molar-refractivity contribution in [2.75, 3.05) is 6.54 Å². The molecule has 11 heteroatoms. The number of rotatable bonds is 4. The molecule has 1 atom stereocenters. The highest BCUT2D eigenvalue weighted by atomic mass is 35.5. The van der Waals surface area contributed by atoms with E-state index in [1.165, 1.54) is 18.0 Å². The van der Waals surface area contributed by atoms with Gasteiger partial charge in [-0.15, -0.1) is 4.40 Å². The van der Waals surface area contributed by atoms with Crippen LogP contribution in [0.25, 0.3) is 10.8 Å². The second kappa shape index (κ2) is 11.3. The van der Waals surface area contributed by atoms with Crippen molar-refractivity contribution in [2.24, 2.45) is 20.2 Å². The zero-order valence-electron chi connectivity index (χ0n) is 21.4. The number of halogens is 1. The Morgan fingerprint density at radius 2 is 1.65 bits per heavy atom. The van der Waals surface area contributed by atoms with Crippen molar-refractivity contribution in [1.82, 2.24) is 10.3 Å². The van der Waals surface area contributed by atoms with E-state index in [1.54, 1.807) is 24.3 Å². The summed E-state index contributed by atoms with van der Waals surface area (Å²) in [6.45, 7) is 1.49. The molecule has 0 spiro atoms. The summed E-state index contributed by atoms with van der Waals surface area (Å²) < 4.78 is 31.1. The number of nitrogens with one attached hydrogen (secondary N) is 1. The molecule has 0 radical (unpaired) electrons. The van der Waals surface area contributed by atoms with Gasteiger partial charge in [0.25, 0.3) is 16.0 Å². The summed E-state index contributed by atoms with van der Waals surface area (Å²) in [5.41, 5.74) is 8.38. The molecule has 0 aromatic heterocycles. The van der Waals surface area contributed by atoms with Gasteiger partial charge >= 0.3 is 0 Å². The fourth-order valence-corrected chi connectivity index (χ4v) is 5.48. The number of aliphatic imine (C=N–C) groups is 1. The zero-order valence-corrected chi connectivity index (χ0v) is 23.0. The molecule has 1 unspecified atom stereocenters. The first-order chi connectivity index (χ1) is 19.2. The number of amides is 1. The number of hydrogen-bond acceptors (Lipinski definition) is 4. The van der Waals surface area contributed by atoms with Crippen molar-refractivity contribution in [2.45, 2.75) is 17.7 Å². The highest BCUT2D eigenvalue weighted by Gasteiger charge is 2.33. The molecule has 1 heterocycles. The van der Waals surface area contributed by atoms with Gasteiger partial charge in [0.2, 0.25) is 11.9 Å². The van der Waals surface area contributed by atoms with E-state index in [9.17, 15) is 13.2 Å². The van der Waals surface area contributed by atoms with Crippen LogP contribution >= 0.6 is 11.6 Å². The Morgan fingerprint density at radius 3 is 2.35 bits per heavy atom. The molecule has 0 aliphatic carbocycles. The number of guanidine groups is 2. The minimum atomic E-state index is -4.25. The van der Waals surface area contributed by atoms with Crippen molar-refractivity contribution in [3.63, 3.8) is 0 Å². The lowest BCUT2D eigenvalue weighted by Gasteiger charge is -2.16. The molecule has 4 aromatic carbocycles. The predicted molar refractivity (Wildman–Crippen MR) is 158 cm³/mol. The van der Waals surface area contributed by atoms with Crippen LogP contribution < -0.4 is 11.1 Å².